The number of benzene rings is 2. The van der Waals surface area contributed by atoms with E-state index in [4.69, 9.17) is 10.5 Å². The van der Waals surface area contributed by atoms with Gasteiger partial charge in [0.1, 0.15) is 11.5 Å². The van der Waals surface area contributed by atoms with Crippen LogP contribution in [0.4, 0.5) is 5.69 Å². The van der Waals surface area contributed by atoms with Gasteiger partial charge in [-0.1, -0.05) is 17.7 Å². The number of amides is 1. The number of anilines is 1. The molecule has 0 spiro atoms. The van der Waals surface area contributed by atoms with E-state index in [9.17, 15) is 4.79 Å². The maximum absolute atomic E-state index is 11.4. The van der Waals surface area contributed by atoms with E-state index in [1.54, 1.807) is 12.1 Å². The van der Waals surface area contributed by atoms with Gasteiger partial charge >= 0.3 is 0 Å². The van der Waals surface area contributed by atoms with Gasteiger partial charge in [-0.05, 0) is 43.3 Å². The summed E-state index contributed by atoms with van der Waals surface area (Å²) >= 11 is 0. The average Bonchev–Trinajstić information content (AvgIpc) is 2.44. The zero-order chi connectivity index (χ0) is 14.4. The van der Waals surface area contributed by atoms with Crippen LogP contribution in [0.15, 0.2) is 48.5 Å². The quantitative estimate of drug-likeness (QED) is 0.877. The lowest BCUT2D eigenvalue weighted by Crippen LogP contribution is -2.15. The fourth-order valence-electron chi connectivity index (χ4n) is 1.70. The monoisotopic (exact) mass is 270 g/mol. The summed E-state index contributed by atoms with van der Waals surface area (Å²) in [4.78, 5) is 11.4. The highest BCUT2D eigenvalue weighted by atomic mass is 16.5. The highest BCUT2D eigenvalue weighted by Crippen LogP contribution is 2.23. The van der Waals surface area contributed by atoms with Crippen molar-refractivity contribution in [1.82, 2.24) is 0 Å². The van der Waals surface area contributed by atoms with Gasteiger partial charge in [-0.25, -0.2) is 0 Å². The maximum Gasteiger partial charge on any atom is 0.225 e. The minimum absolute atomic E-state index is 0.0836. The van der Waals surface area contributed by atoms with Gasteiger partial charge in [-0.2, -0.15) is 0 Å². The molecule has 0 aromatic heterocycles. The number of carbonyl (C=O) groups is 1. The van der Waals surface area contributed by atoms with E-state index in [0.717, 1.165) is 17.2 Å². The second kappa shape index (κ2) is 6.73. The number of rotatable bonds is 5. The Morgan fingerprint density at radius 3 is 2.15 bits per heavy atom. The first-order chi connectivity index (χ1) is 9.67. The van der Waals surface area contributed by atoms with E-state index in [1.807, 2.05) is 43.3 Å². The smallest absolute Gasteiger partial charge is 0.225 e. The largest absolute Gasteiger partial charge is 0.457 e. The molecular formula is C16H18N2O2. The Bertz CT molecular complexity index is 562. The molecule has 0 fully saturated rings. The molecule has 2 aromatic rings. The molecular weight excluding hydrogens is 252 g/mol. The Labute approximate surface area is 118 Å². The summed E-state index contributed by atoms with van der Waals surface area (Å²) in [5, 5.41) is 2.77. The predicted octanol–water partition coefficient (Wildman–Crippen LogP) is 3.07. The van der Waals surface area contributed by atoms with Crippen molar-refractivity contribution < 1.29 is 9.53 Å². The molecule has 0 heterocycles. The SMILES string of the molecule is Cc1ccc(Oc2ccc(NC(=O)CCN)cc2)cc1. The van der Waals surface area contributed by atoms with Crippen LogP contribution >= 0.6 is 0 Å². The third kappa shape index (κ3) is 4.10. The second-order valence-corrected chi connectivity index (χ2v) is 4.53. The molecule has 0 aliphatic heterocycles. The minimum atomic E-state index is -0.0836. The lowest BCUT2D eigenvalue weighted by molar-refractivity contribution is -0.116. The summed E-state index contributed by atoms with van der Waals surface area (Å²) < 4.78 is 5.71. The molecule has 0 aliphatic carbocycles. The van der Waals surface area contributed by atoms with Gasteiger partial charge in [-0.3, -0.25) is 4.79 Å². The van der Waals surface area contributed by atoms with Crippen LogP contribution in [0, 0.1) is 6.92 Å². The number of hydrogen-bond acceptors (Lipinski definition) is 3. The van der Waals surface area contributed by atoms with Crippen LogP contribution in [-0.4, -0.2) is 12.5 Å². The minimum Gasteiger partial charge on any atom is -0.457 e. The van der Waals surface area contributed by atoms with Gasteiger partial charge in [0, 0.05) is 18.7 Å². The van der Waals surface area contributed by atoms with Crippen molar-refractivity contribution in [2.75, 3.05) is 11.9 Å². The van der Waals surface area contributed by atoms with Crippen molar-refractivity contribution in [3.8, 4) is 11.5 Å². The summed E-state index contributed by atoms with van der Waals surface area (Å²) in [6, 6.07) is 15.1. The van der Waals surface area contributed by atoms with E-state index in [2.05, 4.69) is 5.32 Å². The van der Waals surface area contributed by atoms with Crippen molar-refractivity contribution >= 4 is 11.6 Å². The summed E-state index contributed by atoms with van der Waals surface area (Å²) in [6.45, 7) is 2.38. The van der Waals surface area contributed by atoms with Crippen molar-refractivity contribution in [2.45, 2.75) is 13.3 Å². The summed E-state index contributed by atoms with van der Waals surface area (Å²) in [5.41, 5.74) is 7.25. The Balaban J connectivity index is 1.97. The van der Waals surface area contributed by atoms with Crippen molar-refractivity contribution in [1.29, 1.82) is 0 Å². The first-order valence-electron chi connectivity index (χ1n) is 6.52. The fourth-order valence-corrected chi connectivity index (χ4v) is 1.70. The molecule has 4 nitrogen and oxygen atoms in total. The molecule has 0 aliphatic rings. The Morgan fingerprint density at radius 1 is 1.05 bits per heavy atom. The van der Waals surface area contributed by atoms with Crippen LogP contribution in [0.3, 0.4) is 0 Å². The molecule has 0 bridgehead atoms. The molecule has 2 rings (SSSR count). The molecule has 0 saturated heterocycles. The van der Waals surface area contributed by atoms with Crippen molar-refractivity contribution in [3.63, 3.8) is 0 Å². The van der Waals surface area contributed by atoms with Crippen LogP contribution in [0.1, 0.15) is 12.0 Å². The number of ether oxygens (including phenoxy) is 1. The second-order valence-electron chi connectivity index (χ2n) is 4.53. The summed E-state index contributed by atoms with van der Waals surface area (Å²) in [5.74, 6) is 1.43. The van der Waals surface area contributed by atoms with Crippen LogP contribution in [0.5, 0.6) is 11.5 Å². The first kappa shape index (κ1) is 14.1. The molecule has 104 valence electrons. The normalized spacial score (nSPS) is 10.1. The van der Waals surface area contributed by atoms with Crippen LogP contribution in [-0.2, 0) is 4.79 Å². The molecule has 0 unspecified atom stereocenters. The standard InChI is InChI=1S/C16H18N2O2/c1-12-2-6-14(7-3-12)20-15-8-4-13(5-9-15)18-16(19)10-11-17/h2-9H,10-11,17H2,1H3,(H,18,19). The Hall–Kier alpha value is -2.33. The summed E-state index contributed by atoms with van der Waals surface area (Å²) in [7, 11) is 0. The Morgan fingerprint density at radius 2 is 1.60 bits per heavy atom. The first-order valence-corrected chi connectivity index (χ1v) is 6.52. The number of aryl methyl sites for hydroxylation is 1. The third-order valence-corrected chi connectivity index (χ3v) is 2.77. The molecule has 20 heavy (non-hydrogen) atoms. The van der Waals surface area contributed by atoms with E-state index in [0.29, 0.717) is 13.0 Å². The van der Waals surface area contributed by atoms with Crippen molar-refractivity contribution in [3.05, 3.63) is 54.1 Å². The van der Waals surface area contributed by atoms with E-state index >= 15 is 0 Å². The molecule has 3 N–H and O–H groups in total. The van der Waals surface area contributed by atoms with E-state index < -0.39 is 0 Å². The lowest BCUT2D eigenvalue weighted by atomic mass is 10.2. The number of nitrogens with two attached hydrogens (primary N) is 1. The van der Waals surface area contributed by atoms with Gasteiger partial charge in [0.25, 0.3) is 0 Å². The van der Waals surface area contributed by atoms with Gasteiger partial charge in [0.15, 0.2) is 0 Å². The lowest BCUT2D eigenvalue weighted by Gasteiger charge is -2.08. The fraction of sp³-hybridized carbons (Fsp3) is 0.188. The van der Waals surface area contributed by atoms with Crippen molar-refractivity contribution in [2.24, 2.45) is 5.73 Å². The zero-order valence-electron chi connectivity index (χ0n) is 11.4. The predicted molar refractivity (Wildman–Crippen MR) is 80.0 cm³/mol. The van der Waals surface area contributed by atoms with Gasteiger partial charge in [0.05, 0.1) is 0 Å². The Kier molecular flexibility index (Phi) is 4.74. The van der Waals surface area contributed by atoms with E-state index in [1.165, 1.54) is 5.56 Å². The van der Waals surface area contributed by atoms with Crippen LogP contribution in [0.2, 0.25) is 0 Å². The molecule has 2 aromatic carbocycles. The van der Waals surface area contributed by atoms with Gasteiger partial charge in [-0.15, -0.1) is 0 Å². The highest BCUT2D eigenvalue weighted by molar-refractivity contribution is 5.90. The van der Waals surface area contributed by atoms with Crippen LogP contribution in [0.25, 0.3) is 0 Å². The number of hydrogen-bond donors (Lipinski definition) is 2. The molecule has 0 saturated carbocycles. The number of carbonyl (C=O) groups excluding carboxylic acids is 1. The average molecular weight is 270 g/mol. The number of nitrogens with one attached hydrogen (secondary N) is 1. The third-order valence-electron chi connectivity index (χ3n) is 2.77. The van der Waals surface area contributed by atoms with E-state index in [-0.39, 0.29) is 5.91 Å². The molecule has 0 atom stereocenters. The topological polar surface area (TPSA) is 64.3 Å². The molecule has 1 amide bonds. The van der Waals surface area contributed by atoms with Gasteiger partial charge in [0.2, 0.25) is 5.91 Å². The highest BCUT2D eigenvalue weighted by Gasteiger charge is 2.02. The molecule has 4 heteroatoms. The van der Waals surface area contributed by atoms with Crippen LogP contribution < -0.4 is 15.8 Å². The summed E-state index contributed by atoms with van der Waals surface area (Å²) in [6.07, 6.45) is 0.321. The molecule has 0 radical (unpaired) electrons. The zero-order valence-corrected chi connectivity index (χ0v) is 11.4. The maximum atomic E-state index is 11.4. The van der Waals surface area contributed by atoms with Gasteiger partial charge < -0.3 is 15.8 Å².